The fraction of sp³-hybridized carbons (Fsp3) is 0. The Balaban J connectivity index is 2.57. The van der Waals surface area contributed by atoms with E-state index in [1.54, 1.807) is 6.20 Å². The van der Waals surface area contributed by atoms with Crippen molar-refractivity contribution in [2.45, 2.75) is 0 Å². The number of nitrogens with zero attached hydrogens (tertiary/aromatic N) is 2. The third kappa shape index (κ3) is 1.38. The largest absolute Gasteiger partial charge is 0.240 e. The van der Waals surface area contributed by atoms with Gasteiger partial charge in [-0.3, -0.25) is 0 Å². The summed E-state index contributed by atoms with van der Waals surface area (Å²) in [6.45, 7) is 3.76. The molecule has 0 aliphatic heterocycles. The zero-order valence-electron chi connectivity index (χ0n) is 7.22. The second-order valence-corrected chi connectivity index (χ2v) is 2.71. The summed E-state index contributed by atoms with van der Waals surface area (Å²) >= 11 is 0. The first-order valence-electron chi connectivity index (χ1n) is 4.13. The normalized spacial score (nSPS) is 9.85. The van der Waals surface area contributed by atoms with E-state index in [1.165, 1.54) is 0 Å². The number of hydrogen-bond acceptors (Lipinski definition) is 1. The Bertz CT molecular complexity index is 402. The minimum atomic E-state index is 1.06. The van der Waals surface area contributed by atoms with Crippen LogP contribution < -0.4 is 0 Å². The highest BCUT2D eigenvalue weighted by atomic mass is 15.3. The topological polar surface area (TPSA) is 17.8 Å². The molecule has 0 bridgehead atoms. The molecule has 2 nitrogen and oxygen atoms in total. The van der Waals surface area contributed by atoms with Crippen LogP contribution in [-0.2, 0) is 0 Å². The molecule has 1 heterocycles. The van der Waals surface area contributed by atoms with E-state index >= 15 is 0 Å². The molecule has 2 rings (SSSR count). The highest BCUT2D eigenvalue weighted by Crippen LogP contribution is 2.13. The van der Waals surface area contributed by atoms with Crippen LogP contribution in [0.5, 0.6) is 0 Å². The van der Waals surface area contributed by atoms with Crippen molar-refractivity contribution in [2.24, 2.45) is 0 Å². The van der Waals surface area contributed by atoms with E-state index in [-0.39, 0.29) is 0 Å². The van der Waals surface area contributed by atoms with Crippen LogP contribution in [0.3, 0.4) is 0 Å². The van der Waals surface area contributed by atoms with Crippen LogP contribution in [0.4, 0.5) is 0 Å². The molecule has 0 saturated carbocycles. The molecule has 0 aliphatic rings. The minimum Gasteiger partial charge on any atom is -0.240 e. The van der Waals surface area contributed by atoms with Crippen molar-refractivity contribution < 1.29 is 0 Å². The fourth-order valence-corrected chi connectivity index (χ4v) is 1.28. The molecule has 0 fully saturated rings. The predicted octanol–water partition coefficient (Wildman–Crippen LogP) is 2.52. The summed E-state index contributed by atoms with van der Waals surface area (Å²) in [5.74, 6) is 0. The van der Waals surface area contributed by atoms with Crippen molar-refractivity contribution in [1.29, 1.82) is 0 Å². The molecule has 2 aromatic rings. The van der Waals surface area contributed by atoms with Crippen LogP contribution in [-0.4, -0.2) is 9.78 Å². The van der Waals surface area contributed by atoms with E-state index in [0.29, 0.717) is 0 Å². The van der Waals surface area contributed by atoms with E-state index in [9.17, 15) is 0 Å². The maximum atomic E-state index is 4.16. The van der Waals surface area contributed by atoms with Crippen LogP contribution in [0, 0.1) is 0 Å². The summed E-state index contributed by atoms with van der Waals surface area (Å²) in [6.07, 6.45) is 5.51. The van der Waals surface area contributed by atoms with Crippen molar-refractivity contribution in [3.63, 3.8) is 0 Å². The molecular formula is C11H10N2. The van der Waals surface area contributed by atoms with E-state index in [1.807, 2.05) is 47.3 Å². The smallest absolute Gasteiger partial charge is 0.0717 e. The lowest BCUT2D eigenvalue weighted by Crippen LogP contribution is -1.96. The quantitative estimate of drug-likeness (QED) is 0.677. The number of benzene rings is 1. The summed E-state index contributed by atoms with van der Waals surface area (Å²) in [6, 6.07) is 9.92. The lowest BCUT2D eigenvalue weighted by Gasteiger charge is -2.04. The van der Waals surface area contributed by atoms with E-state index in [4.69, 9.17) is 0 Å². The summed E-state index contributed by atoms with van der Waals surface area (Å²) < 4.78 is 1.83. The van der Waals surface area contributed by atoms with Gasteiger partial charge in [0.2, 0.25) is 0 Å². The van der Waals surface area contributed by atoms with Crippen molar-refractivity contribution >= 4 is 6.08 Å². The maximum absolute atomic E-state index is 4.16. The van der Waals surface area contributed by atoms with E-state index in [0.717, 1.165) is 11.3 Å². The van der Waals surface area contributed by atoms with Crippen LogP contribution in [0.2, 0.25) is 0 Å². The molecule has 0 amide bonds. The Labute approximate surface area is 77.1 Å². The van der Waals surface area contributed by atoms with Crippen molar-refractivity contribution in [2.75, 3.05) is 0 Å². The average molecular weight is 170 g/mol. The molecule has 0 radical (unpaired) electrons. The first kappa shape index (κ1) is 7.80. The zero-order chi connectivity index (χ0) is 9.10. The van der Waals surface area contributed by atoms with Gasteiger partial charge in [0, 0.05) is 12.4 Å². The Hall–Kier alpha value is -1.83. The highest BCUT2D eigenvalue weighted by Gasteiger charge is 1.98. The molecule has 0 aliphatic carbocycles. The third-order valence-electron chi connectivity index (χ3n) is 1.91. The Morgan fingerprint density at radius 1 is 1.23 bits per heavy atom. The molecule has 1 aromatic carbocycles. The van der Waals surface area contributed by atoms with Gasteiger partial charge in [-0.2, -0.15) is 5.10 Å². The molecule has 2 heteroatoms. The summed E-state index contributed by atoms with van der Waals surface area (Å²) in [4.78, 5) is 0. The first-order valence-corrected chi connectivity index (χ1v) is 4.13. The van der Waals surface area contributed by atoms with Crippen LogP contribution in [0.1, 0.15) is 5.56 Å². The van der Waals surface area contributed by atoms with Gasteiger partial charge in [0.15, 0.2) is 0 Å². The van der Waals surface area contributed by atoms with E-state index in [2.05, 4.69) is 11.7 Å². The Morgan fingerprint density at radius 3 is 2.77 bits per heavy atom. The van der Waals surface area contributed by atoms with Crippen molar-refractivity contribution in [1.82, 2.24) is 9.78 Å². The monoisotopic (exact) mass is 170 g/mol. The standard InChI is InChI=1S/C11H10N2/c1-2-10-6-3-4-7-11(10)13-9-5-8-12-13/h2-9H,1H2. The zero-order valence-corrected chi connectivity index (χ0v) is 7.22. The number of aromatic nitrogens is 2. The summed E-state index contributed by atoms with van der Waals surface area (Å²) in [7, 11) is 0. The Morgan fingerprint density at radius 2 is 2.08 bits per heavy atom. The predicted molar refractivity (Wildman–Crippen MR) is 53.7 cm³/mol. The Kier molecular flexibility index (Phi) is 1.96. The lowest BCUT2D eigenvalue weighted by molar-refractivity contribution is 0.878. The molecule has 1 aromatic heterocycles. The van der Waals surface area contributed by atoms with Gasteiger partial charge in [-0.05, 0) is 17.7 Å². The summed E-state index contributed by atoms with van der Waals surface area (Å²) in [5.41, 5.74) is 2.15. The minimum absolute atomic E-state index is 1.06. The second-order valence-electron chi connectivity index (χ2n) is 2.71. The number of hydrogen-bond donors (Lipinski definition) is 0. The first-order chi connectivity index (χ1) is 6.42. The molecule has 0 N–H and O–H groups in total. The van der Waals surface area contributed by atoms with E-state index < -0.39 is 0 Å². The van der Waals surface area contributed by atoms with Crippen LogP contribution >= 0.6 is 0 Å². The molecular weight excluding hydrogens is 160 g/mol. The molecule has 0 unspecified atom stereocenters. The van der Waals surface area contributed by atoms with Crippen LogP contribution in [0.15, 0.2) is 49.3 Å². The molecule has 13 heavy (non-hydrogen) atoms. The van der Waals surface area contributed by atoms with Gasteiger partial charge in [-0.25, -0.2) is 4.68 Å². The highest BCUT2D eigenvalue weighted by molar-refractivity contribution is 5.58. The second kappa shape index (κ2) is 3.27. The SMILES string of the molecule is C=Cc1ccccc1-n1cccn1. The van der Waals surface area contributed by atoms with Gasteiger partial charge < -0.3 is 0 Å². The van der Waals surface area contributed by atoms with Gasteiger partial charge in [-0.1, -0.05) is 30.9 Å². The number of para-hydroxylation sites is 1. The fourth-order valence-electron chi connectivity index (χ4n) is 1.28. The van der Waals surface area contributed by atoms with Gasteiger partial charge in [-0.15, -0.1) is 0 Å². The molecule has 0 atom stereocenters. The number of rotatable bonds is 2. The molecule has 64 valence electrons. The average Bonchev–Trinajstić information content (AvgIpc) is 2.70. The van der Waals surface area contributed by atoms with Gasteiger partial charge >= 0.3 is 0 Å². The van der Waals surface area contributed by atoms with Crippen molar-refractivity contribution in [3.05, 3.63) is 54.9 Å². The van der Waals surface area contributed by atoms with Gasteiger partial charge in [0.1, 0.15) is 0 Å². The molecule has 0 spiro atoms. The van der Waals surface area contributed by atoms with Gasteiger partial charge in [0.25, 0.3) is 0 Å². The van der Waals surface area contributed by atoms with Crippen LogP contribution in [0.25, 0.3) is 11.8 Å². The maximum Gasteiger partial charge on any atom is 0.0717 e. The lowest BCUT2D eigenvalue weighted by atomic mass is 10.2. The third-order valence-corrected chi connectivity index (χ3v) is 1.91. The molecule has 0 saturated heterocycles. The van der Waals surface area contributed by atoms with Crippen molar-refractivity contribution in [3.8, 4) is 5.69 Å². The van der Waals surface area contributed by atoms with Gasteiger partial charge in [0.05, 0.1) is 5.69 Å². The summed E-state index contributed by atoms with van der Waals surface area (Å²) in [5, 5.41) is 4.16.